The molecule has 2 fully saturated rings. The first-order valence-corrected chi connectivity index (χ1v) is 13.1. The van der Waals surface area contributed by atoms with Crippen LogP contribution in [0, 0.1) is 5.92 Å². The number of hydrogen-bond acceptors (Lipinski definition) is 12. The van der Waals surface area contributed by atoms with Gasteiger partial charge in [-0.1, -0.05) is 27.7 Å². The Balaban J connectivity index is 1.50. The zero-order valence-corrected chi connectivity index (χ0v) is 21.6. The Hall–Kier alpha value is -2.87. The summed E-state index contributed by atoms with van der Waals surface area (Å²) in [6.45, 7) is 8.09. The summed E-state index contributed by atoms with van der Waals surface area (Å²) in [6.07, 6.45) is 0.739. The van der Waals surface area contributed by atoms with Crippen molar-refractivity contribution in [2.45, 2.75) is 95.9 Å². The molecule has 5 atom stereocenters. The topological polar surface area (TPSA) is 176 Å². The van der Waals surface area contributed by atoms with E-state index in [2.05, 4.69) is 49.6 Å². The number of aliphatic hydroxyl groups excluding tert-OH is 3. The zero-order chi connectivity index (χ0) is 26.3. The molecule has 5 rings (SSSR count). The minimum atomic E-state index is -1.29. The van der Waals surface area contributed by atoms with Crippen LogP contribution in [0.4, 0.5) is 11.8 Å². The van der Waals surface area contributed by atoms with Gasteiger partial charge in [-0.25, -0.2) is 4.98 Å². The molecule has 1 unspecified atom stereocenters. The summed E-state index contributed by atoms with van der Waals surface area (Å²) in [7, 11) is 0. The molecule has 13 nitrogen and oxygen atoms in total. The van der Waals surface area contributed by atoms with E-state index >= 15 is 0 Å². The number of anilines is 2. The normalized spacial score (nSPS) is 24.9. The SMILES string of the molecule is CCC(CC)Nc1nc(NC(CO)C(C)C)nc2c1ncn2[C@@H]1O[C@H](c2nnc(C3CC3)o2)[C@@H](O)[C@H]1O. The molecule has 1 saturated heterocycles. The van der Waals surface area contributed by atoms with Crippen molar-refractivity contribution in [1.82, 2.24) is 29.7 Å². The summed E-state index contributed by atoms with van der Waals surface area (Å²) in [5.74, 6) is 1.91. The summed E-state index contributed by atoms with van der Waals surface area (Å²) in [5, 5.41) is 46.4. The first kappa shape index (κ1) is 25.8. The molecule has 202 valence electrons. The van der Waals surface area contributed by atoms with Gasteiger partial charge in [-0.15, -0.1) is 10.2 Å². The van der Waals surface area contributed by atoms with Gasteiger partial charge in [0.25, 0.3) is 0 Å². The highest BCUT2D eigenvalue weighted by Crippen LogP contribution is 2.43. The number of ether oxygens (including phenoxy) is 1. The zero-order valence-electron chi connectivity index (χ0n) is 21.6. The summed E-state index contributed by atoms with van der Waals surface area (Å²) >= 11 is 0. The van der Waals surface area contributed by atoms with E-state index in [-0.39, 0.29) is 36.4 Å². The van der Waals surface area contributed by atoms with Gasteiger partial charge < -0.3 is 35.1 Å². The quantitative estimate of drug-likeness (QED) is 0.251. The Kier molecular flexibility index (Phi) is 7.30. The molecule has 0 spiro atoms. The summed E-state index contributed by atoms with van der Waals surface area (Å²) in [6, 6.07) is -0.0833. The number of hydrogen-bond donors (Lipinski definition) is 5. The molecule has 3 aromatic heterocycles. The Bertz CT molecular complexity index is 1210. The third-order valence-electron chi connectivity index (χ3n) is 7.20. The van der Waals surface area contributed by atoms with E-state index in [0.29, 0.717) is 28.8 Å². The molecule has 1 aliphatic carbocycles. The van der Waals surface area contributed by atoms with Crippen LogP contribution >= 0.6 is 0 Å². The van der Waals surface area contributed by atoms with Crippen molar-refractivity contribution in [3.05, 3.63) is 18.1 Å². The van der Waals surface area contributed by atoms with Crippen molar-refractivity contribution >= 4 is 22.9 Å². The number of nitrogens with one attached hydrogen (secondary N) is 2. The van der Waals surface area contributed by atoms with Crippen molar-refractivity contribution in [3.63, 3.8) is 0 Å². The van der Waals surface area contributed by atoms with Crippen LogP contribution in [-0.4, -0.2) is 75.9 Å². The van der Waals surface area contributed by atoms with Gasteiger partial charge in [0.05, 0.1) is 19.0 Å². The molecule has 0 amide bonds. The molecule has 0 aromatic carbocycles. The largest absolute Gasteiger partial charge is 0.422 e. The predicted octanol–water partition coefficient (Wildman–Crippen LogP) is 2.11. The van der Waals surface area contributed by atoms with E-state index in [0.717, 1.165) is 25.7 Å². The Morgan fingerprint density at radius 1 is 1.05 bits per heavy atom. The second kappa shape index (κ2) is 10.5. The van der Waals surface area contributed by atoms with Crippen molar-refractivity contribution in [2.75, 3.05) is 17.2 Å². The van der Waals surface area contributed by atoms with E-state index < -0.39 is 24.5 Å². The fourth-order valence-electron chi connectivity index (χ4n) is 4.49. The predicted molar refractivity (Wildman–Crippen MR) is 134 cm³/mol. The Labute approximate surface area is 214 Å². The molecular weight excluding hydrogens is 480 g/mol. The van der Waals surface area contributed by atoms with Gasteiger partial charge in [-0.05, 0) is 31.6 Å². The average molecular weight is 517 g/mol. The first-order valence-electron chi connectivity index (χ1n) is 13.1. The monoisotopic (exact) mass is 516 g/mol. The van der Waals surface area contributed by atoms with Crippen LogP contribution in [0.1, 0.15) is 83.4 Å². The van der Waals surface area contributed by atoms with Crippen LogP contribution in [0.5, 0.6) is 0 Å². The van der Waals surface area contributed by atoms with Gasteiger partial charge in [0.1, 0.15) is 12.2 Å². The number of nitrogens with zero attached hydrogens (tertiary/aromatic N) is 6. The minimum absolute atomic E-state index is 0.0843. The molecule has 5 N–H and O–H groups in total. The van der Waals surface area contributed by atoms with Crippen LogP contribution in [-0.2, 0) is 4.74 Å². The van der Waals surface area contributed by atoms with Crippen LogP contribution in [0.2, 0.25) is 0 Å². The third-order valence-corrected chi connectivity index (χ3v) is 7.20. The maximum Gasteiger partial charge on any atom is 0.248 e. The molecule has 1 aliphatic heterocycles. The van der Waals surface area contributed by atoms with E-state index in [1.165, 1.54) is 6.33 Å². The second-order valence-electron chi connectivity index (χ2n) is 10.2. The minimum Gasteiger partial charge on any atom is -0.422 e. The van der Waals surface area contributed by atoms with E-state index in [1.807, 2.05) is 13.8 Å². The third kappa shape index (κ3) is 5.00. The van der Waals surface area contributed by atoms with Gasteiger partial charge in [0.2, 0.25) is 17.7 Å². The van der Waals surface area contributed by atoms with Gasteiger partial charge in [-0.3, -0.25) is 4.57 Å². The van der Waals surface area contributed by atoms with Crippen molar-refractivity contribution in [1.29, 1.82) is 0 Å². The molecular formula is C24H36N8O5. The number of rotatable bonds is 11. The molecule has 0 radical (unpaired) electrons. The maximum atomic E-state index is 10.9. The lowest BCUT2D eigenvalue weighted by molar-refractivity contribution is -0.0439. The van der Waals surface area contributed by atoms with Crippen LogP contribution in [0.3, 0.4) is 0 Å². The molecule has 2 aliphatic rings. The lowest BCUT2D eigenvalue weighted by Crippen LogP contribution is -2.31. The molecule has 1 saturated carbocycles. The van der Waals surface area contributed by atoms with Crippen molar-refractivity contribution in [2.24, 2.45) is 5.92 Å². The highest BCUT2D eigenvalue weighted by Gasteiger charge is 2.48. The smallest absolute Gasteiger partial charge is 0.248 e. The second-order valence-corrected chi connectivity index (χ2v) is 10.2. The Morgan fingerprint density at radius 3 is 2.43 bits per heavy atom. The average Bonchev–Trinajstić information content (AvgIpc) is 3.35. The number of aliphatic hydroxyl groups is 3. The van der Waals surface area contributed by atoms with Gasteiger partial charge in [0, 0.05) is 12.0 Å². The van der Waals surface area contributed by atoms with E-state index in [4.69, 9.17) is 9.15 Å². The summed E-state index contributed by atoms with van der Waals surface area (Å²) in [5.41, 5.74) is 0.914. The van der Waals surface area contributed by atoms with Crippen LogP contribution in [0.15, 0.2) is 10.7 Å². The fraction of sp³-hybridized carbons (Fsp3) is 0.708. The lowest BCUT2D eigenvalue weighted by atomic mass is 10.1. The highest BCUT2D eigenvalue weighted by atomic mass is 16.6. The van der Waals surface area contributed by atoms with E-state index in [9.17, 15) is 15.3 Å². The van der Waals surface area contributed by atoms with Crippen molar-refractivity contribution in [3.8, 4) is 0 Å². The molecule has 4 heterocycles. The standard InChI is InChI=1S/C24H36N8O5/c1-5-13(6-2)26-19-15-20(29-24(28-19)27-14(9-33)11(3)4)32(10-25-15)23-17(35)16(34)18(36-23)22-31-30-21(37-22)12-7-8-12/h10-14,16-18,23,33-35H,5-9H2,1-4H3,(H2,26,27,28,29)/t14?,16-,17+,18-,23+/m0/s1. The van der Waals surface area contributed by atoms with E-state index in [1.54, 1.807) is 4.57 Å². The summed E-state index contributed by atoms with van der Waals surface area (Å²) in [4.78, 5) is 13.9. The number of fused-ring (bicyclic) bond motifs is 1. The van der Waals surface area contributed by atoms with Gasteiger partial charge >= 0.3 is 0 Å². The number of aromatic nitrogens is 6. The maximum absolute atomic E-state index is 10.9. The highest BCUT2D eigenvalue weighted by molar-refractivity contribution is 5.84. The molecule has 13 heteroatoms. The molecule has 37 heavy (non-hydrogen) atoms. The van der Waals surface area contributed by atoms with Crippen molar-refractivity contribution < 1.29 is 24.5 Å². The molecule has 0 bridgehead atoms. The lowest BCUT2D eigenvalue weighted by Gasteiger charge is -2.22. The summed E-state index contributed by atoms with van der Waals surface area (Å²) < 4.78 is 13.4. The molecule has 3 aromatic rings. The van der Waals surface area contributed by atoms with Gasteiger partial charge in [0.15, 0.2) is 29.3 Å². The Morgan fingerprint density at radius 2 is 1.78 bits per heavy atom. The van der Waals surface area contributed by atoms with Crippen LogP contribution in [0.25, 0.3) is 11.2 Å². The first-order chi connectivity index (χ1) is 17.8. The van der Waals surface area contributed by atoms with Gasteiger partial charge in [-0.2, -0.15) is 9.97 Å². The number of imidazole rings is 1. The van der Waals surface area contributed by atoms with Crippen LogP contribution < -0.4 is 10.6 Å². The fourth-order valence-corrected chi connectivity index (χ4v) is 4.49.